The van der Waals surface area contributed by atoms with Gasteiger partial charge in [0.2, 0.25) is 5.91 Å². The molecule has 0 aliphatic rings. The predicted molar refractivity (Wildman–Crippen MR) is 47.4 cm³/mol. The molecule has 0 aliphatic heterocycles. The van der Waals surface area contributed by atoms with Crippen molar-refractivity contribution in [3.8, 4) is 0 Å². The third kappa shape index (κ3) is 3.82. The maximum Gasteiger partial charge on any atom is 0.217 e. The van der Waals surface area contributed by atoms with E-state index in [1.165, 1.54) is 13.8 Å². The molecule has 6 heteroatoms. The summed E-state index contributed by atoms with van der Waals surface area (Å²) in [7, 11) is 0. The van der Waals surface area contributed by atoms with Crippen LogP contribution in [0.5, 0.6) is 0 Å². The molecule has 0 fully saturated rings. The molecule has 0 spiro atoms. The Morgan fingerprint density at radius 2 is 1.86 bits per heavy atom. The zero-order valence-electron chi connectivity index (χ0n) is 8.04. The first kappa shape index (κ1) is 13.0. The Hall–Kier alpha value is -0.980. The molecule has 0 aliphatic carbocycles. The molecule has 0 heterocycles. The maximum absolute atomic E-state index is 10.7. The van der Waals surface area contributed by atoms with Gasteiger partial charge < -0.3 is 25.4 Å². The molecule has 82 valence electrons. The Morgan fingerprint density at radius 1 is 1.36 bits per heavy atom. The van der Waals surface area contributed by atoms with Gasteiger partial charge in [0.1, 0.15) is 12.2 Å². The molecule has 0 aromatic rings. The van der Waals surface area contributed by atoms with Crippen molar-refractivity contribution >= 4 is 12.2 Å². The van der Waals surface area contributed by atoms with Gasteiger partial charge in [-0.05, 0) is 6.92 Å². The molecule has 6 nitrogen and oxygen atoms in total. The zero-order valence-corrected chi connectivity index (χ0v) is 8.04. The monoisotopic (exact) mass is 205 g/mol. The lowest BCUT2D eigenvalue weighted by atomic mass is 10.0. The second-order valence-electron chi connectivity index (χ2n) is 3.08. The number of carbonyl (C=O) groups excluding carboxylic acids is 2. The highest BCUT2D eigenvalue weighted by atomic mass is 16.3. The first-order chi connectivity index (χ1) is 6.40. The number of carbonyl (C=O) groups is 2. The normalized spacial score (nSPS) is 19.2. The van der Waals surface area contributed by atoms with E-state index in [1.54, 1.807) is 0 Å². The van der Waals surface area contributed by atoms with E-state index in [2.05, 4.69) is 5.32 Å². The van der Waals surface area contributed by atoms with Crippen LogP contribution in [0.4, 0.5) is 0 Å². The number of rotatable bonds is 5. The third-order valence-electron chi connectivity index (χ3n) is 1.75. The number of hydrogen-bond acceptors (Lipinski definition) is 5. The Labute approximate surface area is 81.5 Å². The van der Waals surface area contributed by atoms with Crippen molar-refractivity contribution in [3.63, 3.8) is 0 Å². The first-order valence-electron chi connectivity index (χ1n) is 4.16. The zero-order chi connectivity index (χ0) is 11.3. The summed E-state index contributed by atoms with van der Waals surface area (Å²) in [5.74, 6) is -0.465. The summed E-state index contributed by atoms with van der Waals surface area (Å²) in [4.78, 5) is 20.8. The largest absolute Gasteiger partial charge is 0.391 e. The van der Waals surface area contributed by atoms with Crippen LogP contribution in [0.15, 0.2) is 0 Å². The van der Waals surface area contributed by atoms with Gasteiger partial charge in [0.15, 0.2) is 6.29 Å². The van der Waals surface area contributed by atoms with E-state index < -0.39 is 30.3 Å². The SMILES string of the molecule is CC(=O)N[C@@H]([C@@H](O)[C@H](O)C=O)[C@H](C)O. The molecule has 14 heavy (non-hydrogen) atoms. The highest BCUT2D eigenvalue weighted by molar-refractivity contribution is 5.73. The topological polar surface area (TPSA) is 107 Å². The van der Waals surface area contributed by atoms with Crippen molar-refractivity contribution < 1.29 is 24.9 Å². The van der Waals surface area contributed by atoms with Crippen molar-refractivity contribution in [3.05, 3.63) is 0 Å². The average molecular weight is 205 g/mol. The molecule has 0 aromatic carbocycles. The molecule has 0 saturated heterocycles. The lowest BCUT2D eigenvalue weighted by Crippen LogP contribution is -2.53. The predicted octanol–water partition coefficient (Wildman–Crippen LogP) is -2.21. The molecule has 0 aromatic heterocycles. The maximum atomic E-state index is 10.7. The van der Waals surface area contributed by atoms with E-state index in [0.717, 1.165) is 0 Å². The lowest BCUT2D eigenvalue weighted by Gasteiger charge is -2.27. The molecule has 0 bridgehead atoms. The van der Waals surface area contributed by atoms with Crippen molar-refractivity contribution in [2.24, 2.45) is 0 Å². The van der Waals surface area contributed by atoms with E-state index in [-0.39, 0.29) is 6.29 Å². The molecular formula is C8H15NO5. The van der Waals surface area contributed by atoms with Crippen molar-refractivity contribution in [2.45, 2.75) is 38.2 Å². The van der Waals surface area contributed by atoms with Crippen LogP contribution in [-0.2, 0) is 9.59 Å². The van der Waals surface area contributed by atoms with Crippen LogP contribution in [0, 0.1) is 0 Å². The third-order valence-corrected chi connectivity index (χ3v) is 1.75. The minimum atomic E-state index is -1.62. The van der Waals surface area contributed by atoms with Gasteiger partial charge in [-0.1, -0.05) is 0 Å². The van der Waals surface area contributed by atoms with Crippen LogP contribution in [0.1, 0.15) is 13.8 Å². The van der Waals surface area contributed by atoms with Crippen LogP contribution in [0.2, 0.25) is 0 Å². The van der Waals surface area contributed by atoms with Gasteiger partial charge in [-0.2, -0.15) is 0 Å². The number of aldehydes is 1. The molecule has 0 radical (unpaired) electrons. The summed E-state index contributed by atoms with van der Waals surface area (Å²) in [5, 5.41) is 29.7. The van der Waals surface area contributed by atoms with Gasteiger partial charge >= 0.3 is 0 Å². The van der Waals surface area contributed by atoms with Crippen LogP contribution in [0.3, 0.4) is 0 Å². The summed E-state index contributed by atoms with van der Waals surface area (Å²) in [5.41, 5.74) is 0. The second kappa shape index (κ2) is 5.69. The number of aliphatic hydroxyl groups is 3. The fraction of sp³-hybridized carbons (Fsp3) is 0.750. The number of hydrogen-bond donors (Lipinski definition) is 4. The highest BCUT2D eigenvalue weighted by Gasteiger charge is 2.30. The average Bonchev–Trinajstić information content (AvgIpc) is 2.11. The standard InChI is InChI=1S/C8H15NO5/c1-4(11)7(9-5(2)12)8(14)6(13)3-10/h3-4,6-8,11,13-14H,1-2H3,(H,9,12)/t4-,6+,7+,8-/m0/s1. The summed E-state index contributed by atoms with van der Waals surface area (Å²) in [6.07, 6.45) is -4.07. The van der Waals surface area contributed by atoms with Gasteiger partial charge in [0.05, 0.1) is 12.1 Å². The molecule has 1 amide bonds. The molecule has 0 saturated carbocycles. The fourth-order valence-corrected chi connectivity index (χ4v) is 1.02. The van der Waals surface area contributed by atoms with Gasteiger partial charge in [0.25, 0.3) is 0 Å². The summed E-state index contributed by atoms with van der Waals surface area (Å²) < 4.78 is 0. The lowest BCUT2D eigenvalue weighted by molar-refractivity contribution is -0.128. The van der Waals surface area contributed by atoms with Crippen molar-refractivity contribution in [2.75, 3.05) is 0 Å². The van der Waals surface area contributed by atoms with Crippen LogP contribution < -0.4 is 5.32 Å². The summed E-state index contributed by atoms with van der Waals surface area (Å²) >= 11 is 0. The fourth-order valence-electron chi connectivity index (χ4n) is 1.02. The summed E-state index contributed by atoms with van der Waals surface area (Å²) in [6.45, 7) is 2.54. The molecular weight excluding hydrogens is 190 g/mol. The van der Waals surface area contributed by atoms with E-state index in [1.807, 2.05) is 0 Å². The van der Waals surface area contributed by atoms with E-state index in [0.29, 0.717) is 0 Å². The first-order valence-corrected chi connectivity index (χ1v) is 4.16. The number of nitrogens with one attached hydrogen (secondary N) is 1. The van der Waals surface area contributed by atoms with E-state index in [4.69, 9.17) is 5.11 Å². The Morgan fingerprint density at radius 3 is 2.14 bits per heavy atom. The number of aliphatic hydroxyl groups excluding tert-OH is 3. The minimum absolute atomic E-state index is 0.141. The minimum Gasteiger partial charge on any atom is -0.391 e. The number of amides is 1. The van der Waals surface area contributed by atoms with Crippen molar-refractivity contribution in [1.82, 2.24) is 5.32 Å². The van der Waals surface area contributed by atoms with Crippen LogP contribution in [0.25, 0.3) is 0 Å². The Kier molecular flexibility index (Phi) is 5.29. The highest BCUT2D eigenvalue weighted by Crippen LogP contribution is 2.03. The van der Waals surface area contributed by atoms with Crippen molar-refractivity contribution in [1.29, 1.82) is 0 Å². The molecule has 0 rings (SSSR count). The van der Waals surface area contributed by atoms with E-state index in [9.17, 15) is 19.8 Å². The van der Waals surface area contributed by atoms with Gasteiger partial charge in [-0.3, -0.25) is 4.79 Å². The van der Waals surface area contributed by atoms with Crippen LogP contribution in [-0.4, -0.2) is 51.9 Å². The van der Waals surface area contributed by atoms with Gasteiger partial charge in [0, 0.05) is 6.92 Å². The van der Waals surface area contributed by atoms with Gasteiger partial charge in [-0.15, -0.1) is 0 Å². The Bertz CT molecular complexity index is 206. The molecule has 0 unspecified atom stereocenters. The molecule has 4 atom stereocenters. The van der Waals surface area contributed by atoms with E-state index >= 15 is 0 Å². The second-order valence-corrected chi connectivity index (χ2v) is 3.08. The molecule has 4 N–H and O–H groups in total. The van der Waals surface area contributed by atoms with Gasteiger partial charge in [-0.25, -0.2) is 0 Å². The smallest absolute Gasteiger partial charge is 0.217 e. The summed E-state index contributed by atoms with van der Waals surface area (Å²) in [6, 6.07) is -1.06. The van der Waals surface area contributed by atoms with Crippen LogP contribution >= 0.6 is 0 Å². The quantitative estimate of drug-likeness (QED) is 0.381. The Balaban J connectivity index is 4.47.